The molecule has 0 bridgehead atoms. The molecule has 0 heterocycles. The number of benzene rings is 1. The second-order valence-electron chi connectivity index (χ2n) is 4.55. The zero-order valence-electron chi connectivity index (χ0n) is 11.3. The van der Waals surface area contributed by atoms with Crippen molar-refractivity contribution in [3.05, 3.63) is 34.6 Å². The van der Waals surface area contributed by atoms with E-state index in [2.05, 4.69) is 25.8 Å². The van der Waals surface area contributed by atoms with Crippen LogP contribution in [0.25, 0.3) is 0 Å². The predicted octanol–water partition coefficient (Wildman–Crippen LogP) is 3.60. The topological polar surface area (TPSA) is 29.3 Å². The van der Waals surface area contributed by atoms with Gasteiger partial charge in [0.1, 0.15) is 5.82 Å². The van der Waals surface area contributed by atoms with Crippen molar-refractivity contribution in [2.24, 2.45) is 5.73 Å². The molecular weight excluding hydrogens is 251 g/mol. The van der Waals surface area contributed by atoms with Gasteiger partial charge >= 0.3 is 0 Å². The first-order chi connectivity index (χ1) is 8.54. The summed E-state index contributed by atoms with van der Waals surface area (Å²) in [7, 11) is 2.05. The molecule has 2 nitrogen and oxygen atoms in total. The van der Waals surface area contributed by atoms with Gasteiger partial charge < -0.3 is 5.73 Å². The van der Waals surface area contributed by atoms with E-state index in [4.69, 9.17) is 17.3 Å². The van der Waals surface area contributed by atoms with Crippen molar-refractivity contribution in [2.45, 2.75) is 38.8 Å². The molecule has 0 saturated carbocycles. The summed E-state index contributed by atoms with van der Waals surface area (Å²) in [6, 6.07) is 5.00. The molecular formula is C14H22ClFN2. The van der Waals surface area contributed by atoms with Crippen LogP contribution in [0.4, 0.5) is 4.39 Å². The maximum absolute atomic E-state index is 13.1. The Labute approximate surface area is 114 Å². The zero-order chi connectivity index (χ0) is 13.7. The molecule has 0 aliphatic rings. The Hall–Kier alpha value is -0.640. The Bertz CT molecular complexity index is 380. The first-order valence-electron chi connectivity index (χ1n) is 6.42. The van der Waals surface area contributed by atoms with Crippen LogP contribution in [0.15, 0.2) is 18.2 Å². The quantitative estimate of drug-likeness (QED) is 0.857. The van der Waals surface area contributed by atoms with E-state index in [-0.39, 0.29) is 11.9 Å². The first kappa shape index (κ1) is 15.4. The highest BCUT2D eigenvalue weighted by Gasteiger charge is 2.23. The van der Waals surface area contributed by atoms with Crippen molar-refractivity contribution >= 4 is 11.6 Å². The minimum atomic E-state index is -0.315. The van der Waals surface area contributed by atoms with Gasteiger partial charge in [-0.1, -0.05) is 31.5 Å². The molecule has 1 aromatic carbocycles. The van der Waals surface area contributed by atoms with Gasteiger partial charge in [-0.3, -0.25) is 4.90 Å². The number of hydrogen-bond acceptors (Lipinski definition) is 2. The summed E-state index contributed by atoms with van der Waals surface area (Å²) < 4.78 is 13.1. The third kappa shape index (κ3) is 3.44. The highest BCUT2D eigenvalue weighted by Crippen LogP contribution is 2.29. The average molecular weight is 273 g/mol. The normalized spacial score (nSPS) is 13.3. The van der Waals surface area contributed by atoms with Crippen LogP contribution >= 0.6 is 11.6 Å². The monoisotopic (exact) mass is 272 g/mol. The molecule has 4 heteroatoms. The van der Waals surface area contributed by atoms with Gasteiger partial charge in [0.15, 0.2) is 0 Å². The summed E-state index contributed by atoms with van der Waals surface area (Å²) in [5, 5.41) is 0.447. The van der Waals surface area contributed by atoms with Crippen molar-refractivity contribution in [1.29, 1.82) is 0 Å². The lowest BCUT2D eigenvalue weighted by Gasteiger charge is -2.34. The summed E-state index contributed by atoms with van der Waals surface area (Å²) in [5.74, 6) is -0.315. The SMILES string of the molecule is CCC(CC)N(C)C(CN)c1ccc(F)cc1Cl. The number of hydrogen-bond donors (Lipinski definition) is 1. The molecule has 0 saturated heterocycles. The first-order valence-corrected chi connectivity index (χ1v) is 6.79. The van der Waals surface area contributed by atoms with E-state index in [0.29, 0.717) is 17.6 Å². The lowest BCUT2D eigenvalue weighted by atomic mass is 10.0. The van der Waals surface area contributed by atoms with Crippen LogP contribution in [0.5, 0.6) is 0 Å². The van der Waals surface area contributed by atoms with E-state index in [1.165, 1.54) is 12.1 Å². The van der Waals surface area contributed by atoms with Gasteiger partial charge in [-0.2, -0.15) is 0 Å². The van der Waals surface area contributed by atoms with Crippen molar-refractivity contribution < 1.29 is 4.39 Å². The molecule has 0 aliphatic heterocycles. The van der Waals surface area contributed by atoms with Gasteiger partial charge in [0.25, 0.3) is 0 Å². The smallest absolute Gasteiger partial charge is 0.124 e. The molecule has 1 unspecified atom stereocenters. The van der Waals surface area contributed by atoms with E-state index in [1.807, 2.05) is 0 Å². The van der Waals surface area contributed by atoms with Crippen molar-refractivity contribution in [3.8, 4) is 0 Å². The summed E-state index contributed by atoms with van der Waals surface area (Å²) in [5.41, 5.74) is 6.76. The summed E-state index contributed by atoms with van der Waals surface area (Å²) in [6.07, 6.45) is 2.12. The minimum absolute atomic E-state index is 0.0306. The molecule has 0 fully saturated rings. The van der Waals surface area contributed by atoms with E-state index < -0.39 is 0 Å². The second-order valence-corrected chi connectivity index (χ2v) is 4.96. The summed E-state index contributed by atoms with van der Waals surface area (Å²) in [4.78, 5) is 2.24. The molecule has 1 aromatic rings. The molecule has 0 spiro atoms. The van der Waals surface area contributed by atoms with Crippen molar-refractivity contribution in [1.82, 2.24) is 4.90 Å². The van der Waals surface area contributed by atoms with Crippen molar-refractivity contribution in [2.75, 3.05) is 13.6 Å². The number of rotatable bonds is 6. The van der Waals surface area contributed by atoms with E-state index >= 15 is 0 Å². The predicted molar refractivity (Wildman–Crippen MR) is 75.3 cm³/mol. The van der Waals surface area contributed by atoms with Gasteiger partial charge in [0, 0.05) is 23.7 Å². The van der Waals surface area contributed by atoms with E-state index in [1.54, 1.807) is 6.07 Å². The Kier molecular flexibility index (Phi) is 6.06. The van der Waals surface area contributed by atoms with Crippen LogP contribution in [0, 0.1) is 5.82 Å². The fraction of sp³-hybridized carbons (Fsp3) is 0.571. The average Bonchev–Trinajstić information content (AvgIpc) is 2.34. The highest BCUT2D eigenvalue weighted by atomic mass is 35.5. The fourth-order valence-electron chi connectivity index (χ4n) is 2.40. The maximum Gasteiger partial charge on any atom is 0.124 e. The summed E-state index contributed by atoms with van der Waals surface area (Å²) >= 11 is 6.12. The van der Waals surface area contributed by atoms with Crippen LogP contribution in [-0.2, 0) is 0 Å². The van der Waals surface area contributed by atoms with Gasteiger partial charge in [-0.25, -0.2) is 4.39 Å². The highest BCUT2D eigenvalue weighted by molar-refractivity contribution is 6.31. The summed E-state index contributed by atoms with van der Waals surface area (Å²) in [6.45, 7) is 4.79. The third-order valence-electron chi connectivity index (χ3n) is 3.55. The number of nitrogens with zero attached hydrogens (tertiary/aromatic N) is 1. The van der Waals surface area contributed by atoms with Gasteiger partial charge in [-0.05, 0) is 37.6 Å². The molecule has 18 heavy (non-hydrogen) atoms. The second kappa shape index (κ2) is 7.07. The largest absolute Gasteiger partial charge is 0.329 e. The van der Waals surface area contributed by atoms with E-state index in [0.717, 1.165) is 18.4 Å². The molecule has 1 rings (SSSR count). The van der Waals surface area contributed by atoms with Crippen LogP contribution in [0.1, 0.15) is 38.3 Å². The van der Waals surface area contributed by atoms with Crippen LogP contribution in [0.3, 0.4) is 0 Å². The lowest BCUT2D eigenvalue weighted by molar-refractivity contribution is 0.168. The maximum atomic E-state index is 13.1. The van der Waals surface area contributed by atoms with Crippen LogP contribution < -0.4 is 5.73 Å². The number of likely N-dealkylation sites (N-methyl/N-ethyl adjacent to an activating group) is 1. The standard InChI is InChI=1S/C14H22ClFN2/c1-4-11(5-2)18(3)14(9-17)12-7-6-10(16)8-13(12)15/h6-8,11,14H,4-5,9,17H2,1-3H3. The molecule has 0 aliphatic carbocycles. The van der Waals surface area contributed by atoms with Gasteiger partial charge in [0.05, 0.1) is 0 Å². The Morgan fingerprint density at radius 2 is 1.94 bits per heavy atom. The van der Waals surface area contributed by atoms with E-state index in [9.17, 15) is 4.39 Å². The fourth-order valence-corrected chi connectivity index (χ4v) is 2.70. The molecule has 0 aromatic heterocycles. The van der Waals surface area contributed by atoms with Gasteiger partial charge in [-0.15, -0.1) is 0 Å². The molecule has 0 amide bonds. The lowest BCUT2D eigenvalue weighted by Crippen LogP contribution is -2.38. The number of halogens is 2. The minimum Gasteiger partial charge on any atom is -0.329 e. The molecule has 102 valence electrons. The third-order valence-corrected chi connectivity index (χ3v) is 3.88. The Morgan fingerprint density at radius 1 is 1.33 bits per heavy atom. The van der Waals surface area contributed by atoms with Crippen molar-refractivity contribution in [3.63, 3.8) is 0 Å². The zero-order valence-corrected chi connectivity index (χ0v) is 12.0. The van der Waals surface area contributed by atoms with Crippen LogP contribution in [-0.4, -0.2) is 24.5 Å². The Balaban J connectivity index is 3.01. The Morgan fingerprint density at radius 3 is 2.39 bits per heavy atom. The van der Waals surface area contributed by atoms with Gasteiger partial charge in [0.2, 0.25) is 0 Å². The van der Waals surface area contributed by atoms with Crippen LogP contribution in [0.2, 0.25) is 5.02 Å². The molecule has 1 atom stereocenters. The molecule has 0 radical (unpaired) electrons. The molecule has 2 N–H and O–H groups in total. The number of nitrogens with two attached hydrogens (primary N) is 1.